The van der Waals surface area contributed by atoms with E-state index in [9.17, 15) is 19.7 Å². The van der Waals surface area contributed by atoms with Gasteiger partial charge in [-0.3, -0.25) is 19.5 Å². The highest BCUT2D eigenvalue weighted by Gasteiger charge is 2.15. The second-order valence-corrected chi connectivity index (χ2v) is 3.64. The second kappa shape index (κ2) is 4.77. The van der Waals surface area contributed by atoms with E-state index in [1.54, 1.807) is 0 Å². The number of carboxylic acids is 1. The molecule has 0 bridgehead atoms. The van der Waals surface area contributed by atoms with E-state index in [1.165, 1.54) is 24.3 Å². The van der Waals surface area contributed by atoms with Crippen LogP contribution in [0, 0.1) is 10.1 Å². The number of hydrogen-bond acceptors (Lipinski definition) is 5. The molecule has 0 saturated heterocycles. The molecule has 0 aliphatic heterocycles. The molecule has 0 radical (unpaired) electrons. The molecule has 2 rings (SSSR count). The Morgan fingerprint density at radius 3 is 2.68 bits per heavy atom. The molecule has 8 nitrogen and oxygen atoms in total. The molecule has 98 valence electrons. The zero-order valence-corrected chi connectivity index (χ0v) is 9.48. The fourth-order valence-corrected chi connectivity index (χ4v) is 1.58. The zero-order chi connectivity index (χ0) is 14.0. The smallest absolute Gasteiger partial charge is 0.433 e. The number of carboxylic acid groups (broad SMARTS) is 1. The number of aromatic carboxylic acids is 1. The normalized spacial score (nSPS) is 10.3. The van der Waals surface area contributed by atoms with Gasteiger partial charge in [0.2, 0.25) is 0 Å². The lowest BCUT2D eigenvalue weighted by Crippen LogP contribution is -2.25. The molecule has 0 amide bonds. The van der Waals surface area contributed by atoms with Gasteiger partial charge in [0.15, 0.2) is 0 Å². The van der Waals surface area contributed by atoms with Crippen LogP contribution in [-0.4, -0.2) is 20.6 Å². The summed E-state index contributed by atoms with van der Waals surface area (Å²) in [5.41, 5.74) is -0.745. The Kier molecular flexibility index (Phi) is 3.15. The first kappa shape index (κ1) is 12.6. The average molecular weight is 264 g/mol. The molecule has 2 aromatic heterocycles. The SMILES string of the molecule is O=C(O)c1cccc(=O)n1Cc1ccc([N+](=O)[O-])o1. The Morgan fingerprint density at radius 2 is 2.11 bits per heavy atom. The molecule has 2 heterocycles. The van der Waals surface area contributed by atoms with E-state index >= 15 is 0 Å². The summed E-state index contributed by atoms with van der Waals surface area (Å²) in [5, 5.41) is 19.4. The first-order valence-corrected chi connectivity index (χ1v) is 5.15. The Bertz CT molecular complexity index is 699. The molecule has 19 heavy (non-hydrogen) atoms. The molecule has 0 spiro atoms. The molecule has 2 aromatic rings. The van der Waals surface area contributed by atoms with Crippen molar-refractivity contribution in [1.82, 2.24) is 4.57 Å². The molecular formula is C11H8N2O6. The third kappa shape index (κ3) is 2.51. The maximum atomic E-state index is 11.6. The Labute approximate surface area is 105 Å². The molecule has 0 saturated carbocycles. The monoisotopic (exact) mass is 264 g/mol. The lowest BCUT2D eigenvalue weighted by atomic mass is 10.3. The molecule has 0 fully saturated rings. The Hall–Kier alpha value is -2.90. The van der Waals surface area contributed by atoms with Crippen molar-refractivity contribution in [2.75, 3.05) is 0 Å². The van der Waals surface area contributed by atoms with Crippen LogP contribution in [0.25, 0.3) is 0 Å². The van der Waals surface area contributed by atoms with E-state index in [0.29, 0.717) is 0 Å². The number of hydrogen-bond donors (Lipinski definition) is 1. The van der Waals surface area contributed by atoms with Crippen LogP contribution < -0.4 is 5.56 Å². The van der Waals surface area contributed by atoms with Crippen molar-refractivity contribution < 1.29 is 19.2 Å². The molecule has 0 atom stereocenters. The van der Waals surface area contributed by atoms with E-state index in [-0.39, 0.29) is 18.0 Å². The van der Waals surface area contributed by atoms with Crippen molar-refractivity contribution in [2.24, 2.45) is 0 Å². The molecule has 0 aliphatic rings. The highest BCUT2D eigenvalue weighted by atomic mass is 16.6. The van der Waals surface area contributed by atoms with E-state index in [1.807, 2.05) is 0 Å². The second-order valence-electron chi connectivity index (χ2n) is 3.64. The van der Waals surface area contributed by atoms with Crippen LogP contribution in [0.4, 0.5) is 5.88 Å². The van der Waals surface area contributed by atoms with Crippen molar-refractivity contribution in [3.8, 4) is 0 Å². The lowest BCUT2D eigenvalue weighted by molar-refractivity contribution is -0.402. The summed E-state index contributed by atoms with van der Waals surface area (Å²) in [6.07, 6.45) is 0. The van der Waals surface area contributed by atoms with E-state index in [4.69, 9.17) is 9.52 Å². The van der Waals surface area contributed by atoms with Crippen molar-refractivity contribution >= 4 is 11.9 Å². The van der Waals surface area contributed by atoms with Crippen LogP contribution >= 0.6 is 0 Å². The molecular weight excluding hydrogens is 256 g/mol. The molecule has 1 N–H and O–H groups in total. The standard InChI is InChI=1S/C11H8N2O6/c14-9-3-1-2-8(11(15)16)12(9)6-7-4-5-10(19-7)13(17)18/h1-5H,6H2,(H,15,16). The molecule has 0 unspecified atom stereocenters. The van der Waals surface area contributed by atoms with E-state index in [2.05, 4.69) is 0 Å². The maximum Gasteiger partial charge on any atom is 0.433 e. The zero-order valence-electron chi connectivity index (χ0n) is 9.48. The van der Waals surface area contributed by atoms with Crippen molar-refractivity contribution in [1.29, 1.82) is 0 Å². The van der Waals surface area contributed by atoms with E-state index < -0.39 is 22.3 Å². The number of furan rings is 1. The first-order chi connectivity index (χ1) is 8.99. The van der Waals surface area contributed by atoms with Gasteiger partial charge >= 0.3 is 11.9 Å². The van der Waals surface area contributed by atoms with Gasteiger partial charge in [0.1, 0.15) is 16.4 Å². The summed E-state index contributed by atoms with van der Waals surface area (Å²) >= 11 is 0. The first-order valence-electron chi connectivity index (χ1n) is 5.15. The summed E-state index contributed by atoms with van der Waals surface area (Å²) in [5.74, 6) is -1.60. The van der Waals surface area contributed by atoms with Gasteiger partial charge in [-0.05, 0) is 12.1 Å². The predicted molar refractivity (Wildman–Crippen MR) is 62.1 cm³/mol. The minimum atomic E-state index is -1.27. The quantitative estimate of drug-likeness (QED) is 0.652. The van der Waals surface area contributed by atoms with Gasteiger partial charge in [0.05, 0.1) is 12.6 Å². The maximum absolute atomic E-state index is 11.6. The number of rotatable bonds is 4. The topological polar surface area (TPSA) is 116 Å². The van der Waals surface area contributed by atoms with Crippen molar-refractivity contribution in [3.63, 3.8) is 0 Å². The van der Waals surface area contributed by atoms with Crippen molar-refractivity contribution in [2.45, 2.75) is 6.54 Å². The lowest BCUT2D eigenvalue weighted by Gasteiger charge is -2.06. The van der Waals surface area contributed by atoms with E-state index in [0.717, 1.165) is 10.6 Å². The third-order valence-electron chi connectivity index (χ3n) is 2.41. The van der Waals surface area contributed by atoms with Crippen LogP contribution in [0.15, 0.2) is 39.5 Å². The van der Waals surface area contributed by atoms with Crippen LogP contribution in [0.5, 0.6) is 0 Å². The summed E-state index contributed by atoms with van der Waals surface area (Å²) in [6, 6.07) is 6.25. The van der Waals surface area contributed by atoms with Gasteiger partial charge in [-0.15, -0.1) is 0 Å². The third-order valence-corrected chi connectivity index (χ3v) is 2.41. The summed E-state index contributed by atoms with van der Waals surface area (Å²) in [7, 11) is 0. The summed E-state index contributed by atoms with van der Waals surface area (Å²) in [6.45, 7) is -0.185. The van der Waals surface area contributed by atoms with Crippen LogP contribution in [0.1, 0.15) is 16.2 Å². The van der Waals surface area contributed by atoms with Crippen LogP contribution in [0.3, 0.4) is 0 Å². The van der Waals surface area contributed by atoms with Crippen LogP contribution in [-0.2, 0) is 6.54 Å². The minimum absolute atomic E-state index is 0.127. The Balaban J connectivity index is 2.40. The number of aromatic nitrogens is 1. The number of nitrogens with zero attached hydrogens (tertiary/aromatic N) is 2. The molecule has 0 aliphatic carbocycles. The highest BCUT2D eigenvalue weighted by molar-refractivity contribution is 5.85. The highest BCUT2D eigenvalue weighted by Crippen LogP contribution is 2.16. The number of pyridine rings is 1. The van der Waals surface area contributed by atoms with Gasteiger partial charge in [-0.1, -0.05) is 6.07 Å². The fraction of sp³-hybridized carbons (Fsp3) is 0.0909. The van der Waals surface area contributed by atoms with Crippen LogP contribution in [0.2, 0.25) is 0 Å². The Morgan fingerprint density at radius 1 is 1.37 bits per heavy atom. The molecule has 0 aromatic carbocycles. The predicted octanol–water partition coefficient (Wildman–Crippen LogP) is 1.10. The number of carbonyl (C=O) groups is 1. The van der Waals surface area contributed by atoms with Gasteiger partial charge < -0.3 is 9.52 Å². The van der Waals surface area contributed by atoms with Gasteiger partial charge in [-0.25, -0.2) is 4.79 Å². The summed E-state index contributed by atoms with van der Waals surface area (Å²) in [4.78, 5) is 32.3. The number of nitro groups is 1. The van der Waals surface area contributed by atoms with Gasteiger partial charge in [0.25, 0.3) is 5.56 Å². The van der Waals surface area contributed by atoms with Crippen molar-refractivity contribution in [3.05, 3.63) is 62.3 Å². The summed E-state index contributed by atoms with van der Waals surface area (Å²) < 4.78 is 5.85. The molecule has 8 heteroatoms. The van der Waals surface area contributed by atoms with Gasteiger partial charge in [-0.2, -0.15) is 0 Å². The average Bonchev–Trinajstić information content (AvgIpc) is 2.80. The van der Waals surface area contributed by atoms with Gasteiger partial charge in [0, 0.05) is 6.07 Å². The fourth-order valence-electron chi connectivity index (χ4n) is 1.58. The minimum Gasteiger partial charge on any atom is -0.477 e. The largest absolute Gasteiger partial charge is 0.477 e.